The third-order valence-corrected chi connectivity index (χ3v) is 25.7. The van der Waals surface area contributed by atoms with Crippen molar-refractivity contribution in [3.8, 4) is 0 Å². The van der Waals surface area contributed by atoms with E-state index < -0.39 is 139 Å². The number of hydrogen-bond acceptors (Lipinski definition) is 18. The molecule has 2 aromatic carbocycles. The highest BCUT2D eigenvalue weighted by Gasteiger charge is 2.57. The molecule has 6 unspecified atom stereocenters. The van der Waals surface area contributed by atoms with Crippen molar-refractivity contribution < 1.29 is 95.2 Å². The molecule has 0 spiro atoms. The Morgan fingerprint density at radius 1 is 0.619 bits per heavy atom. The van der Waals surface area contributed by atoms with Gasteiger partial charge in [-0.15, -0.1) is 0 Å². The third-order valence-electron chi connectivity index (χ3n) is 21.2. The molecule has 5 N–H and O–H groups in total. The number of amides is 2. The molecule has 4 aliphatic heterocycles. The van der Waals surface area contributed by atoms with Crippen molar-refractivity contribution in [1.29, 1.82) is 0 Å². The number of cyclic esters (lactones) is 2. The van der Waals surface area contributed by atoms with E-state index in [1.807, 2.05) is 40.7 Å². The maximum absolute atomic E-state index is 16.9. The highest BCUT2D eigenvalue weighted by atomic mass is 28.4. The first-order chi connectivity index (χ1) is 48.9. The number of rotatable bonds is 26. The van der Waals surface area contributed by atoms with Crippen LogP contribution in [0.2, 0.25) is 18.1 Å². The lowest BCUT2D eigenvalue weighted by atomic mass is 9.87. The molecular formula is C82H122F2N2O18Si. The molecule has 23 heteroatoms. The number of hydrogen-bond donors (Lipinski definition) is 5. The van der Waals surface area contributed by atoms with Crippen LogP contribution in [0.15, 0.2) is 133 Å². The number of ether oxygens (including phenoxy) is 8. The molecule has 20 nitrogen and oxygen atoms in total. The van der Waals surface area contributed by atoms with Crippen LogP contribution in [0.1, 0.15) is 190 Å². The topological polar surface area (TPSA) is 277 Å². The quantitative estimate of drug-likeness (QED) is 0.0146. The lowest BCUT2D eigenvalue weighted by Gasteiger charge is -2.40. The Morgan fingerprint density at radius 3 is 1.34 bits per heavy atom. The van der Waals surface area contributed by atoms with Crippen LogP contribution in [0.4, 0.5) is 8.78 Å². The second-order valence-corrected chi connectivity index (χ2v) is 36.2. The van der Waals surface area contributed by atoms with Gasteiger partial charge in [-0.2, -0.15) is 0 Å². The van der Waals surface area contributed by atoms with Gasteiger partial charge in [0.05, 0.1) is 61.5 Å². The zero-order chi connectivity index (χ0) is 78.7. The van der Waals surface area contributed by atoms with Crippen molar-refractivity contribution in [1.82, 2.24) is 10.6 Å². The summed E-state index contributed by atoms with van der Waals surface area (Å²) in [6, 6.07) is 15.2. The van der Waals surface area contributed by atoms with E-state index in [9.17, 15) is 44.1 Å². The van der Waals surface area contributed by atoms with Crippen LogP contribution < -0.4 is 10.6 Å². The molecule has 0 aliphatic carbocycles. The lowest BCUT2D eigenvalue weighted by Crippen LogP contribution is -2.52. The fourth-order valence-electron chi connectivity index (χ4n) is 13.4. The summed E-state index contributed by atoms with van der Waals surface area (Å²) >= 11 is 0. The molecule has 0 saturated carbocycles. The molecule has 586 valence electrons. The van der Waals surface area contributed by atoms with E-state index in [4.69, 9.17) is 42.3 Å². The summed E-state index contributed by atoms with van der Waals surface area (Å²) in [4.78, 5) is 77.0. The molecule has 6 rings (SSSR count). The minimum absolute atomic E-state index is 0.0330. The smallest absolute Gasteiger partial charge is 0.309 e. The van der Waals surface area contributed by atoms with Crippen molar-refractivity contribution in [3.05, 3.63) is 144 Å². The summed E-state index contributed by atoms with van der Waals surface area (Å²) in [6.07, 6.45) is 10.5. The molecule has 0 radical (unpaired) electrons. The van der Waals surface area contributed by atoms with E-state index in [-0.39, 0.29) is 73.4 Å². The second kappa shape index (κ2) is 39.0. The molecule has 2 saturated heterocycles. The Bertz CT molecular complexity index is 3350. The van der Waals surface area contributed by atoms with Crippen molar-refractivity contribution in [2.24, 2.45) is 23.7 Å². The highest BCUT2D eigenvalue weighted by Crippen LogP contribution is 2.43. The van der Waals surface area contributed by atoms with Crippen molar-refractivity contribution in [3.63, 3.8) is 0 Å². The fraction of sp³-hybridized carbons (Fsp3) is 0.634. The monoisotopic (exact) mass is 1490 g/mol. The van der Waals surface area contributed by atoms with Gasteiger partial charge in [0.2, 0.25) is 0 Å². The first-order valence-electron chi connectivity index (χ1n) is 37.0. The number of epoxide rings is 2. The van der Waals surface area contributed by atoms with Crippen LogP contribution in [0.3, 0.4) is 0 Å². The molecule has 0 bridgehead atoms. The Balaban J connectivity index is 0.000000380. The molecule has 2 amide bonds. The molecule has 0 aromatic heterocycles. The summed E-state index contributed by atoms with van der Waals surface area (Å²) in [5.41, 5.74) is -5.04. The number of aliphatic hydroxyl groups is 3. The van der Waals surface area contributed by atoms with E-state index in [2.05, 4.69) is 44.5 Å². The van der Waals surface area contributed by atoms with Crippen LogP contribution in [0.5, 0.6) is 0 Å². The molecule has 4 heterocycles. The summed E-state index contributed by atoms with van der Waals surface area (Å²) in [6.45, 7) is 34.2. The van der Waals surface area contributed by atoms with Crippen LogP contribution in [-0.2, 0) is 61.5 Å². The van der Waals surface area contributed by atoms with Gasteiger partial charge in [0.1, 0.15) is 59.2 Å². The molecule has 105 heavy (non-hydrogen) atoms. The minimum atomic E-state index is -2.34. The number of carbonyl (C=O) groups excluding carboxylic acids is 6. The zero-order valence-electron chi connectivity index (χ0n) is 65.8. The van der Waals surface area contributed by atoms with E-state index in [0.29, 0.717) is 28.7 Å². The van der Waals surface area contributed by atoms with Gasteiger partial charge in [0.25, 0.3) is 11.8 Å². The number of methoxy groups -OCH3 is 2. The Morgan fingerprint density at radius 2 is 0.990 bits per heavy atom. The van der Waals surface area contributed by atoms with Crippen LogP contribution in [0, 0.1) is 23.7 Å². The first-order valence-corrected chi connectivity index (χ1v) is 39.9. The van der Waals surface area contributed by atoms with Gasteiger partial charge < -0.3 is 68.3 Å². The number of esters is 4. The second-order valence-electron chi connectivity index (χ2n) is 31.4. The summed E-state index contributed by atoms with van der Waals surface area (Å²) in [5, 5.41) is 38.8. The fourth-order valence-corrected chi connectivity index (χ4v) is 14.8. The van der Waals surface area contributed by atoms with E-state index in [1.165, 1.54) is 52.8 Å². The largest absolute Gasteiger partial charge is 0.457 e. The number of alkyl halides is 2. The van der Waals surface area contributed by atoms with Gasteiger partial charge in [0.15, 0.2) is 8.32 Å². The predicted molar refractivity (Wildman–Crippen MR) is 403 cm³/mol. The van der Waals surface area contributed by atoms with Crippen molar-refractivity contribution in [2.75, 3.05) is 14.2 Å². The standard InChI is InChI=1S/C44H68FNO9Si.C38H54FNO9/c1-14-34(51-11)30(4)38-39(54-38)40(46-41(49)32-20-16-15-17-21-32)43(9,45)25-18-19-28(2)37-29(3)22-23-35(52-31(5)47)44(10,50)26-24-33(27-36(48)53-37)55-56(12,13)42(6,7)8;1-9-29(46-8)25(4)33-34(49-33)35(40-36(44)27-15-11-10-12-16-27)37(6,39)20-13-14-23(2)32-24(3)17-18-30(47-26(5)41)38(7,45)21-19-28(42)22-31(43)48-32/h15-23,25,29-30,33-35,37-40,50H,14,24,26-27H2,1-13H3,(H,46,49);10-18,20,24-25,28-30,32-35,42,45H,9,19,21-22H2,1-8H3,(H,40,44)/b23-22+,25-18+,28-19+;18-17+,20-13+,23-14+/t29-,30+,33+,34-,35-,37?,38+,39-,40?,43?,44+;24-,25+,28+,29-,30-,32?,33+,34-,35?,37?,38+/m00/s1. The van der Waals surface area contributed by atoms with Gasteiger partial charge >= 0.3 is 23.9 Å². The third kappa shape index (κ3) is 26.4. The number of carbonyl (C=O) groups is 6. The Hall–Kier alpha value is -6.54. The molecule has 22 atom stereocenters. The van der Waals surface area contributed by atoms with Gasteiger partial charge in [-0.05, 0) is 158 Å². The van der Waals surface area contributed by atoms with E-state index >= 15 is 8.78 Å². The normalized spacial score (nSPS) is 31.0. The maximum atomic E-state index is 16.9. The number of allylic oxidation sites excluding steroid dienone is 4. The Labute approximate surface area is 623 Å². The van der Waals surface area contributed by atoms with Crippen LogP contribution in [-0.4, -0.2) is 181 Å². The van der Waals surface area contributed by atoms with E-state index in [1.54, 1.807) is 139 Å². The van der Waals surface area contributed by atoms with Gasteiger partial charge in [0, 0.05) is 62.9 Å². The molecule has 4 aliphatic rings. The molecular weight excluding hydrogens is 1370 g/mol. The van der Waals surface area contributed by atoms with Gasteiger partial charge in [-0.25, -0.2) is 8.78 Å². The molecule has 2 fully saturated rings. The van der Waals surface area contributed by atoms with E-state index in [0.717, 1.165) is 12.8 Å². The minimum Gasteiger partial charge on any atom is -0.457 e. The van der Waals surface area contributed by atoms with Crippen molar-refractivity contribution >= 4 is 44.0 Å². The highest BCUT2D eigenvalue weighted by molar-refractivity contribution is 6.74. The van der Waals surface area contributed by atoms with Gasteiger partial charge in [-0.3, -0.25) is 28.8 Å². The summed E-state index contributed by atoms with van der Waals surface area (Å²) < 4.78 is 86.5. The lowest BCUT2D eigenvalue weighted by molar-refractivity contribution is -0.158. The number of halogens is 2. The summed E-state index contributed by atoms with van der Waals surface area (Å²) in [7, 11) is 0.939. The van der Waals surface area contributed by atoms with Crippen LogP contribution >= 0.6 is 0 Å². The zero-order valence-corrected chi connectivity index (χ0v) is 66.8. The summed E-state index contributed by atoms with van der Waals surface area (Å²) in [5.74, 6) is -3.99. The average Bonchev–Trinajstić information content (AvgIpc) is 1.62. The SMILES string of the molecule is CC[C@H](OC)[C@@H](C)[C@H]1O[C@@H]1C(NC(=O)c1ccccc1)C(C)(F)/C=C/C=C(\C)C1OC(=O)C[C@H](O)CC[C@@](C)(O)[C@@H](OC(C)=O)/C=C/[C@@H]1C.CC[C@H](OC)[C@@H](C)[C@H]1O[C@@H]1C(NC(=O)c1ccccc1)C(C)(F)/C=C/C=C(\C)C1OC(=O)C[C@H](O[Si](C)(C)C(C)(C)C)CC[C@@](C)(O)[C@@H](OC(C)=O)/C=C/[C@@H]1C. The molecule has 2 aromatic rings. The number of benzene rings is 2. The number of aliphatic hydroxyl groups excluding tert-OH is 1. The van der Waals surface area contributed by atoms with Crippen LogP contribution in [0.25, 0.3) is 0 Å². The number of nitrogens with one attached hydrogen (secondary N) is 2. The Kier molecular flexibility index (Phi) is 33.1. The van der Waals surface area contributed by atoms with Gasteiger partial charge in [-0.1, -0.05) is 135 Å². The predicted octanol–water partition coefficient (Wildman–Crippen LogP) is 13.4. The van der Waals surface area contributed by atoms with Crippen molar-refractivity contribution in [2.45, 2.75) is 295 Å². The maximum Gasteiger partial charge on any atom is 0.309 e. The average molecular weight is 1490 g/mol. The first kappa shape index (κ1) is 89.1.